The zero-order valence-corrected chi connectivity index (χ0v) is 16.0. The number of thiophene rings is 1. The molecule has 140 valence electrons. The zero-order valence-electron chi connectivity index (χ0n) is 15.2. The van der Waals surface area contributed by atoms with Crippen LogP contribution in [0.25, 0.3) is 0 Å². The Morgan fingerprint density at radius 2 is 2.26 bits per heavy atom. The Balaban J connectivity index is 1.52. The molecule has 0 spiro atoms. The van der Waals surface area contributed by atoms with Crippen LogP contribution in [0.1, 0.15) is 34.3 Å². The lowest BCUT2D eigenvalue weighted by atomic mass is 10.1. The summed E-state index contributed by atoms with van der Waals surface area (Å²) in [5, 5.41) is 8.40. The fraction of sp³-hybridized carbons (Fsp3) is 0.333. The van der Waals surface area contributed by atoms with Crippen molar-refractivity contribution in [2.24, 2.45) is 0 Å². The lowest BCUT2D eigenvalue weighted by Crippen LogP contribution is -2.36. The quantitative estimate of drug-likeness (QED) is 0.625. The number of rotatable bonds is 7. The predicted octanol–water partition coefficient (Wildman–Crippen LogP) is 3.81. The van der Waals surface area contributed by atoms with Crippen molar-refractivity contribution in [3.63, 3.8) is 0 Å². The molecule has 1 aromatic carbocycles. The molecule has 2 aromatic heterocycles. The molecule has 6 heteroatoms. The van der Waals surface area contributed by atoms with Gasteiger partial charge in [0, 0.05) is 37.7 Å². The van der Waals surface area contributed by atoms with Crippen LogP contribution in [0, 0.1) is 0 Å². The molecule has 5 nitrogen and oxygen atoms in total. The van der Waals surface area contributed by atoms with E-state index >= 15 is 0 Å². The summed E-state index contributed by atoms with van der Waals surface area (Å²) < 4.78 is 7.64. The molecule has 0 radical (unpaired) electrons. The molecule has 4 rings (SSSR count). The first-order chi connectivity index (χ1) is 13.3. The molecule has 1 amide bonds. The van der Waals surface area contributed by atoms with Gasteiger partial charge in [0.1, 0.15) is 0 Å². The number of benzene rings is 1. The number of aromatic nitrogens is 2. The number of ether oxygens (including phenoxy) is 1. The predicted molar refractivity (Wildman–Crippen MR) is 106 cm³/mol. The third-order valence-corrected chi connectivity index (χ3v) is 5.50. The SMILES string of the molecule is O=C(c1cccc(Cn2cccn2)c1)N(Cc1ccsc1)C[C@H]1CCCO1. The number of carbonyl (C=O) groups is 1. The minimum Gasteiger partial charge on any atom is -0.376 e. The van der Waals surface area contributed by atoms with Gasteiger partial charge in [-0.2, -0.15) is 16.4 Å². The summed E-state index contributed by atoms with van der Waals surface area (Å²) >= 11 is 1.66. The maximum atomic E-state index is 13.3. The van der Waals surface area contributed by atoms with Gasteiger partial charge in [0.05, 0.1) is 12.6 Å². The fourth-order valence-corrected chi connectivity index (χ4v) is 4.08. The van der Waals surface area contributed by atoms with Gasteiger partial charge in [0.15, 0.2) is 0 Å². The van der Waals surface area contributed by atoms with E-state index in [0.717, 1.165) is 25.0 Å². The van der Waals surface area contributed by atoms with E-state index in [9.17, 15) is 4.79 Å². The van der Waals surface area contributed by atoms with Crippen molar-refractivity contribution in [1.29, 1.82) is 0 Å². The molecule has 1 aliphatic rings. The van der Waals surface area contributed by atoms with E-state index in [0.29, 0.717) is 25.2 Å². The van der Waals surface area contributed by atoms with Crippen LogP contribution in [0.2, 0.25) is 0 Å². The molecular weight excluding hydrogens is 358 g/mol. The van der Waals surface area contributed by atoms with Gasteiger partial charge in [-0.3, -0.25) is 9.48 Å². The first kappa shape index (κ1) is 17.9. The average molecular weight is 382 g/mol. The van der Waals surface area contributed by atoms with Crippen LogP contribution in [0.15, 0.2) is 59.6 Å². The summed E-state index contributed by atoms with van der Waals surface area (Å²) in [6.45, 7) is 2.71. The second-order valence-electron chi connectivity index (χ2n) is 6.86. The highest BCUT2D eigenvalue weighted by atomic mass is 32.1. The molecule has 0 unspecified atom stereocenters. The van der Waals surface area contributed by atoms with Crippen LogP contribution in [0.5, 0.6) is 0 Å². The Morgan fingerprint density at radius 3 is 3.00 bits per heavy atom. The lowest BCUT2D eigenvalue weighted by Gasteiger charge is -2.25. The monoisotopic (exact) mass is 381 g/mol. The first-order valence-electron chi connectivity index (χ1n) is 9.26. The fourth-order valence-electron chi connectivity index (χ4n) is 3.42. The highest BCUT2D eigenvalue weighted by Gasteiger charge is 2.24. The largest absolute Gasteiger partial charge is 0.376 e. The van der Waals surface area contributed by atoms with E-state index in [4.69, 9.17) is 4.74 Å². The van der Waals surface area contributed by atoms with Crippen LogP contribution in [0.3, 0.4) is 0 Å². The highest BCUT2D eigenvalue weighted by Crippen LogP contribution is 2.19. The Labute approximate surface area is 163 Å². The molecule has 1 aliphatic heterocycles. The Hall–Kier alpha value is -2.44. The molecule has 0 aliphatic carbocycles. The third kappa shape index (κ3) is 4.64. The van der Waals surface area contributed by atoms with Gasteiger partial charge < -0.3 is 9.64 Å². The Morgan fingerprint density at radius 1 is 1.30 bits per heavy atom. The maximum absolute atomic E-state index is 13.3. The van der Waals surface area contributed by atoms with E-state index < -0.39 is 0 Å². The van der Waals surface area contributed by atoms with Crippen molar-refractivity contribution in [3.8, 4) is 0 Å². The van der Waals surface area contributed by atoms with E-state index in [2.05, 4.69) is 21.9 Å². The number of nitrogens with zero attached hydrogens (tertiary/aromatic N) is 3. The average Bonchev–Trinajstić information content (AvgIpc) is 3.45. The van der Waals surface area contributed by atoms with Crippen molar-refractivity contribution >= 4 is 17.2 Å². The zero-order chi connectivity index (χ0) is 18.5. The second-order valence-corrected chi connectivity index (χ2v) is 7.64. The summed E-state index contributed by atoms with van der Waals surface area (Å²) in [5.74, 6) is 0.0546. The summed E-state index contributed by atoms with van der Waals surface area (Å²) in [6.07, 6.45) is 5.92. The van der Waals surface area contributed by atoms with Crippen molar-refractivity contribution in [2.75, 3.05) is 13.2 Å². The summed E-state index contributed by atoms with van der Waals surface area (Å²) in [7, 11) is 0. The van der Waals surface area contributed by atoms with Gasteiger partial charge in [-0.25, -0.2) is 0 Å². The van der Waals surface area contributed by atoms with Crippen molar-refractivity contribution in [2.45, 2.75) is 32.0 Å². The van der Waals surface area contributed by atoms with Crippen LogP contribution in [0.4, 0.5) is 0 Å². The molecule has 1 atom stereocenters. The Kier molecular flexibility index (Phi) is 5.65. The molecule has 0 N–H and O–H groups in total. The summed E-state index contributed by atoms with van der Waals surface area (Å²) in [6, 6.07) is 11.8. The molecule has 0 saturated carbocycles. The minimum atomic E-state index is 0.0546. The first-order valence-corrected chi connectivity index (χ1v) is 10.2. The van der Waals surface area contributed by atoms with E-state index in [1.54, 1.807) is 17.5 Å². The molecule has 27 heavy (non-hydrogen) atoms. The molecule has 1 fully saturated rings. The summed E-state index contributed by atoms with van der Waals surface area (Å²) in [4.78, 5) is 15.2. The lowest BCUT2D eigenvalue weighted by molar-refractivity contribution is 0.0507. The number of amides is 1. The number of carbonyl (C=O) groups excluding carboxylic acids is 1. The van der Waals surface area contributed by atoms with Gasteiger partial charge >= 0.3 is 0 Å². The maximum Gasteiger partial charge on any atom is 0.254 e. The van der Waals surface area contributed by atoms with Gasteiger partial charge in [-0.05, 0) is 59.0 Å². The highest BCUT2D eigenvalue weighted by molar-refractivity contribution is 7.07. The molecule has 3 heterocycles. The van der Waals surface area contributed by atoms with E-state index in [1.807, 2.05) is 46.1 Å². The van der Waals surface area contributed by atoms with Crippen molar-refractivity contribution in [1.82, 2.24) is 14.7 Å². The van der Waals surface area contributed by atoms with Crippen LogP contribution < -0.4 is 0 Å². The van der Waals surface area contributed by atoms with Crippen LogP contribution in [-0.2, 0) is 17.8 Å². The third-order valence-electron chi connectivity index (χ3n) is 4.77. The molecular formula is C21H23N3O2S. The van der Waals surface area contributed by atoms with E-state index in [1.165, 1.54) is 5.56 Å². The van der Waals surface area contributed by atoms with E-state index in [-0.39, 0.29) is 12.0 Å². The van der Waals surface area contributed by atoms with Crippen LogP contribution >= 0.6 is 11.3 Å². The number of hydrogen-bond donors (Lipinski definition) is 0. The van der Waals surface area contributed by atoms with Crippen LogP contribution in [-0.4, -0.2) is 39.8 Å². The molecule has 1 saturated heterocycles. The van der Waals surface area contributed by atoms with Gasteiger partial charge in [-0.1, -0.05) is 12.1 Å². The number of hydrogen-bond acceptors (Lipinski definition) is 4. The van der Waals surface area contributed by atoms with Gasteiger partial charge in [0.25, 0.3) is 5.91 Å². The van der Waals surface area contributed by atoms with Crippen molar-refractivity contribution < 1.29 is 9.53 Å². The second kappa shape index (κ2) is 8.50. The smallest absolute Gasteiger partial charge is 0.254 e. The van der Waals surface area contributed by atoms with Gasteiger partial charge in [0.2, 0.25) is 0 Å². The Bertz CT molecular complexity index is 855. The standard InChI is InChI=1S/C21H23N3O2S/c25-21(19-5-1-4-17(12-19)14-24-9-3-8-22-24)23(13-18-7-11-27-16-18)15-20-6-2-10-26-20/h1,3-5,7-9,11-12,16,20H,2,6,10,13-15H2/t20-/m1/s1. The summed E-state index contributed by atoms with van der Waals surface area (Å²) in [5.41, 5.74) is 2.95. The topological polar surface area (TPSA) is 47.4 Å². The van der Waals surface area contributed by atoms with Crippen molar-refractivity contribution in [3.05, 3.63) is 76.2 Å². The molecule has 3 aromatic rings. The molecule has 0 bridgehead atoms. The van der Waals surface area contributed by atoms with Gasteiger partial charge in [-0.15, -0.1) is 0 Å². The normalized spacial score (nSPS) is 16.5. The minimum absolute atomic E-state index is 0.0546.